The van der Waals surface area contributed by atoms with E-state index >= 15 is 0 Å². The van der Waals surface area contributed by atoms with E-state index in [0.717, 1.165) is 12.8 Å². The van der Waals surface area contributed by atoms with Crippen LogP contribution in [-0.4, -0.2) is 0 Å². The van der Waals surface area contributed by atoms with Gasteiger partial charge >= 0.3 is 0 Å². The van der Waals surface area contributed by atoms with Crippen LogP contribution >= 0.6 is 0 Å². The van der Waals surface area contributed by atoms with Gasteiger partial charge in [0.2, 0.25) is 0 Å². The Morgan fingerprint density at radius 3 is 0.733 bits per heavy atom. The maximum atomic E-state index is 3.37. The molecule has 0 aliphatic carbocycles. The Kier molecular flexibility index (Phi) is 28.1. The van der Waals surface area contributed by atoms with Gasteiger partial charge in [0.1, 0.15) is 0 Å². The molecule has 0 spiro atoms. The van der Waals surface area contributed by atoms with Gasteiger partial charge in [-0.25, -0.2) is 0 Å². The van der Waals surface area contributed by atoms with Crippen LogP contribution < -0.4 is 0 Å². The Labute approximate surface area is 192 Å². The maximum Gasteiger partial charge on any atom is 0.00886 e. The van der Waals surface area contributed by atoms with Gasteiger partial charge in [0.25, 0.3) is 0 Å². The second kappa shape index (κ2) is 28.6. The summed E-state index contributed by atoms with van der Waals surface area (Å²) in [7, 11) is 0. The van der Waals surface area contributed by atoms with Crippen molar-refractivity contribution in [3.8, 4) is 11.8 Å². The van der Waals surface area contributed by atoms with E-state index in [-0.39, 0.29) is 0 Å². The third kappa shape index (κ3) is 27.6. The molecular weight excluding hydrogens is 360 g/mol. The molecule has 30 heavy (non-hydrogen) atoms. The molecule has 0 heteroatoms. The Morgan fingerprint density at radius 2 is 0.467 bits per heavy atom. The summed E-state index contributed by atoms with van der Waals surface area (Å²) in [5, 5.41) is 0. The van der Waals surface area contributed by atoms with Crippen LogP contribution in [-0.2, 0) is 0 Å². The van der Waals surface area contributed by atoms with Crippen molar-refractivity contribution < 1.29 is 0 Å². The highest BCUT2D eigenvalue weighted by Crippen LogP contribution is 2.15. The molecule has 0 radical (unpaired) electrons. The van der Waals surface area contributed by atoms with E-state index in [9.17, 15) is 0 Å². The minimum absolute atomic E-state index is 1.12. The van der Waals surface area contributed by atoms with E-state index in [4.69, 9.17) is 0 Å². The molecule has 0 aliphatic heterocycles. The first-order valence-electron chi connectivity index (χ1n) is 14.4. The van der Waals surface area contributed by atoms with Gasteiger partial charge in [0.05, 0.1) is 0 Å². The van der Waals surface area contributed by atoms with Crippen molar-refractivity contribution in [3.63, 3.8) is 0 Å². The lowest BCUT2D eigenvalue weighted by atomic mass is 10.0. The lowest BCUT2D eigenvalue weighted by Gasteiger charge is -2.04. The third-order valence-corrected chi connectivity index (χ3v) is 6.44. The summed E-state index contributed by atoms with van der Waals surface area (Å²) >= 11 is 0. The molecular formula is C30H58. The van der Waals surface area contributed by atoms with Gasteiger partial charge in [-0.2, -0.15) is 0 Å². The van der Waals surface area contributed by atoms with Crippen LogP contribution in [0.4, 0.5) is 0 Å². The van der Waals surface area contributed by atoms with Crippen LogP contribution in [0.25, 0.3) is 0 Å². The number of hydrogen-bond acceptors (Lipinski definition) is 0. The van der Waals surface area contributed by atoms with Gasteiger partial charge in [-0.15, -0.1) is 11.8 Å². The van der Waals surface area contributed by atoms with Crippen molar-refractivity contribution >= 4 is 0 Å². The van der Waals surface area contributed by atoms with Gasteiger partial charge in [-0.3, -0.25) is 0 Å². The van der Waals surface area contributed by atoms with Gasteiger partial charge in [0, 0.05) is 12.8 Å². The summed E-state index contributed by atoms with van der Waals surface area (Å²) in [6, 6.07) is 0. The second-order valence-electron chi connectivity index (χ2n) is 9.63. The topological polar surface area (TPSA) is 0 Å². The molecule has 0 fully saturated rings. The second-order valence-corrected chi connectivity index (χ2v) is 9.63. The van der Waals surface area contributed by atoms with E-state index in [0.29, 0.717) is 0 Å². The minimum atomic E-state index is 1.12. The number of hydrogen-bond donors (Lipinski definition) is 0. The molecule has 0 aromatic heterocycles. The molecule has 0 aromatic carbocycles. The zero-order valence-corrected chi connectivity index (χ0v) is 21.4. The zero-order chi connectivity index (χ0) is 21.8. The SMILES string of the molecule is CCCCCCC#CCCCCCCCCCCCCCCCCCCCCCC. The van der Waals surface area contributed by atoms with Gasteiger partial charge in [-0.05, 0) is 12.8 Å². The van der Waals surface area contributed by atoms with Crippen LogP contribution in [0.3, 0.4) is 0 Å². The van der Waals surface area contributed by atoms with Crippen LogP contribution in [0.15, 0.2) is 0 Å². The van der Waals surface area contributed by atoms with Crippen molar-refractivity contribution in [1.29, 1.82) is 0 Å². The Morgan fingerprint density at radius 1 is 0.267 bits per heavy atom. The van der Waals surface area contributed by atoms with Crippen molar-refractivity contribution in [2.75, 3.05) is 0 Å². The average Bonchev–Trinajstić information content (AvgIpc) is 2.76. The van der Waals surface area contributed by atoms with Gasteiger partial charge in [-0.1, -0.05) is 155 Å². The maximum absolute atomic E-state index is 3.37. The van der Waals surface area contributed by atoms with E-state index in [1.54, 1.807) is 0 Å². The molecule has 0 atom stereocenters. The fourth-order valence-corrected chi connectivity index (χ4v) is 4.29. The highest BCUT2D eigenvalue weighted by molar-refractivity contribution is 4.98. The fourth-order valence-electron chi connectivity index (χ4n) is 4.29. The van der Waals surface area contributed by atoms with Gasteiger partial charge in [0.15, 0.2) is 0 Å². The van der Waals surface area contributed by atoms with Crippen molar-refractivity contribution in [2.24, 2.45) is 0 Å². The standard InChI is InChI=1S/C30H58/c1-3-5-7-9-11-13-15-17-19-21-23-25-27-29-30-28-26-24-22-20-18-16-14-12-10-8-6-4-2/h3-13,15,17-30H2,1-2H3. The number of unbranched alkanes of at least 4 members (excludes halogenated alkanes) is 24. The molecule has 0 saturated carbocycles. The molecule has 0 heterocycles. The molecule has 0 rings (SSSR count). The average molecular weight is 419 g/mol. The van der Waals surface area contributed by atoms with Gasteiger partial charge < -0.3 is 0 Å². The van der Waals surface area contributed by atoms with Crippen LogP contribution in [0.1, 0.15) is 181 Å². The van der Waals surface area contributed by atoms with Crippen molar-refractivity contribution in [1.82, 2.24) is 0 Å². The quantitative estimate of drug-likeness (QED) is 0.108. The lowest BCUT2D eigenvalue weighted by molar-refractivity contribution is 0.522. The molecule has 0 amide bonds. The lowest BCUT2D eigenvalue weighted by Crippen LogP contribution is -1.84. The predicted molar refractivity (Wildman–Crippen MR) is 139 cm³/mol. The summed E-state index contributed by atoms with van der Waals surface area (Å²) in [4.78, 5) is 0. The molecule has 0 N–H and O–H groups in total. The first-order valence-corrected chi connectivity index (χ1v) is 14.4. The summed E-state index contributed by atoms with van der Waals surface area (Å²) in [5.74, 6) is 6.73. The van der Waals surface area contributed by atoms with E-state index in [2.05, 4.69) is 25.7 Å². The summed E-state index contributed by atoms with van der Waals surface area (Å²) in [6.07, 6.45) is 36.7. The summed E-state index contributed by atoms with van der Waals surface area (Å²) in [6.45, 7) is 4.57. The Balaban J connectivity index is 3.04. The molecule has 0 aliphatic rings. The normalized spacial score (nSPS) is 10.9. The van der Waals surface area contributed by atoms with E-state index < -0.39 is 0 Å². The monoisotopic (exact) mass is 418 g/mol. The highest BCUT2D eigenvalue weighted by atomic mass is 14.0. The third-order valence-electron chi connectivity index (χ3n) is 6.44. The van der Waals surface area contributed by atoms with E-state index in [1.165, 1.54) is 154 Å². The van der Waals surface area contributed by atoms with Crippen molar-refractivity contribution in [2.45, 2.75) is 181 Å². The fraction of sp³-hybridized carbons (Fsp3) is 0.933. The predicted octanol–water partition coefficient (Wildman–Crippen LogP) is 11.2. The zero-order valence-electron chi connectivity index (χ0n) is 21.4. The Bertz CT molecular complexity index is 345. The van der Waals surface area contributed by atoms with Crippen molar-refractivity contribution in [3.05, 3.63) is 0 Å². The summed E-state index contributed by atoms with van der Waals surface area (Å²) < 4.78 is 0. The molecule has 0 aromatic rings. The van der Waals surface area contributed by atoms with E-state index in [1.807, 2.05) is 0 Å². The first-order chi connectivity index (χ1) is 14.9. The highest BCUT2D eigenvalue weighted by Gasteiger charge is 1.95. The molecule has 0 nitrogen and oxygen atoms in total. The molecule has 0 bridgehead atoms. The Hall–Kier alpha value is -0.440. The molecule has 0 unspecified atom stereocenters. The first kappa shape index (κ1) is 29.6. The van der Waals surface area contributed by atoms with Crippen LogP contribution in [0.2, 0.25) is 0 Å². The molecule has 178 valence electrons. The minimum Gasteiger partial charge on any atom is -0.103 e. The molecule has 0 saturated heterocycles. The van der Waals surface area contributed by atoms with Crippen LogP contribution in [0, 0.1) is 11.8 Å². The summed E-state index contributed by atoms with van der Waals surface area (Å²) in [5.41, 5.74) is 0. The smallest absolute Gasteiger partial charge is 0.00886 e. The number of rotatable bonds is 24. The largest absolute Gasteiger partial charge is 0.103 e. The van der Waals surface area contributed by atoms with Crippen LogP contribution in [0.5, 0.6) is 0 Å².